The number of aromatic nitrogens is 2. The highest BCUT2D eigenvalue weighted by molar-refractivity contribution is 5.80. The molecular formula is C15H11F3N2. The quantitative estimate of drug-likeness (QED) is 0.698. The van der Waals surface area contributed by atoms with Crippen LogP contribution in [0.2, 0.25) is 0 Å². The first-order chi connectivity index (χ1) is 9.58. The second kappa shape index (κ2) is 4.67. The number of imidazole rings is 1. The summed E-state index contributed by atoms with van der Waals surface area (Å²) in [4.78, 5) is 7.25. The van der Waals surface area contributed by atoms with E-state index in [-0.39, 0.29) is 5.56 Å². The number of aryl methyl sites for hydroxylation is 1. The molecule has 0 amide bonds. The van der Waals surface area contributed by atoms with Gasteiger partial charge in [-0.1, -0.05) is 13.0 Å². The maximum absolute atomic E-state index is 13.2. The molecule has 20 heavy (non-hydrogen) atoms. The minimum absolute atomic E-state index is 0.177. The molecular weight excluding hydrogens is 265 g/mol. The van der Waals surface area contributed by atoms with Gasteiger partial charge < -0.3 is 4.98 Å². The van der Waals surface area contributed by atoms with Crippen LogP contribution >= 0.6 is 0 Å². The molecule has 0 aliphatic heterocycles. The van der Waals surface area contributed by atoms with Crippen molar-refractivity contribution < 1.29 is 13.2 Å². The number of nitrogens with zero attached hydrogens (tertiary/aromatic N) is 1. The van der Waals surface area contributed by atoms with E-state index in [9.17, 15) is 13.2 Å². The van der Waals surface area contributed by atoms with Gasteiger partial charge in [0.15, 0.2) is 17.5 Å². The van der Waals surface area contributed by atoms with E-state index in [4.69, 9.17) is 0 Å². The number of rotatable bonds is 2. The molecule has 1 aromatic heterocycles. The van der Waals surface area contributed by atoms with Crippen molar-refractivity contribution in [2.24, 2.45) is 0 Å². The zero-order chi connectivity index (χ0) is 14.3. The molecule has 0 saturated carbocycles. The summed E-state index contributed by atoms with van der Waals surface area (Å²) in [6, 6.07) is 7.57. The van der Waals surface area contributed by atoms with Crippen molar-refractivity contribution in [3.63, 3.8) is 0 Å². The molecule has 1 heterocycles. The second-order valence-corrected chi connectivity index (χ2v) is 4.54. The van der Waals surface area contributed by atoms with E-state index in [0.717, 1.165) is 29.6 Å². The Morgan fingerprint density at radius 2 is 1.75 bits per heavy atom. The number of nitrogens with one attached hydrogen (secondary N) is 1. The van der Waals surface area contributed by atoms with Crippen LogP contribution in [0, 0.1) is 17.5 Å². The van der Waals surface area contributed by atoms with E-state index in [1.807, 2.05) is 25.1 Å². The van der Waals surface area contributed by atoms with E-state index in [1.54, 1.807) is 0 Å². The van der Waals surface area contributed by atoms with Crippen molar-refractivity contribution >= 4 is 11.0 Å². The number of halogens is 3. The van der Waals surface area contributed by atoms with Crippen LogP contribution in [0.5, 0.6) is 0 Å². The molecule has 2 nitrogen and oxygen atoms in total. The molecule has 0 saturated heterocycles. The highest BCUT2D eigenvalue weighted by atomic mass is 19.2. The average Bonchev–Trinajstić information content (AvgIpc) is 2.86. The fraction of sp³-hybridized carbons (Fsp3) is 0.133. The summed E-state index contributed by atoms with van der Waals surface area (Å²) in [6.07, 6.45) is 0.879. The topological polar surface area (TPSA) is 28.7 Å². The predicted octanol–water partition coefficient (Wildman–Crippen LogP) is 4.21. The molecule has 0 fully saturated rings. The van der Waals surface area contributed by atoms with Crippen molar-refractivity contribution in [2.75, 3.05) is 0 Å². The van der Waals surface area contributed by atoms with Crippen molar-refractivity contribution in [2.45, 2.75) is 13.3 Å². The lowest BCUT2D eigenvalue weighted by molar-refractivity contribution is 0.447. The minimum atomic E-state index is -1.47. The van der Waals surface area contributed by atoms with Gasteiger partial charge in [0.1, 0.15) is 5.82 Å². The van der Waals surface area contributed by atoms with Gasteiger partial charge in [-0.15, -0.1) is 0 Å². The molecule has 0 spiro atoms. The molecule has 0 unspecified atom stereocenters. The lowest BCUT2D eigenvalue weighted by Crippen LogP contribution is -1.92. The van der Waals surface area contributed by atoms with Gasteiger partial charge in [-0.3, -0.25) is 0 Å². The first-order valence-corrected chi connectivity index (χ1v) is 6.22. The van der Waals surface area contributed by atoms with Crippen molar-refractivity contribution in [3.05, 3.63) is 53.3 Å². The van der Waals surface area contributed by atoms with Gasteiger partial charge in [-0.2, -0.15) is 0 Å². The Labute approximate surface area is 113 Å². The summed E-state index contributed by atoms with van der Waals surface area (Å²) in [7, 11) is 0. The Bertz CT molecular complexity index is 770. The molecule has 0 atom stereocenters. The largest absolute Gasteiger partial charge is 0.338 e. The first kappa shape index (κ1) is 12.7. The lowest BCUT2D eigenvalue weighted by atomic mass is 10.1. The maximum atomic E-state index is 13.2. The summed E-state index contributed by atoms with van der Waals surface area (Å²) < 4.78 is 39.4. The Hall–Kier alpha value is -2.30. The van der Waals surface area contributed by atoms with Crippen LogP contribution in [0.3, 0.4) is 0 Å². The van der Waals surface area contributed by atoms with Crippen LogP contribution in [0.4, 0.5) is 13.2 Å². The maximum Gasteiger partial charge on any atom is 0.194 e. The van der Waals surface area contributed by atoms with E-state index in [2.05, 4.69) is 9.97 Å². The van der Waals surface area contributed by atoms with Crippen LogP contribution in [0.1, 0.15) is 12.5 Å². The van der Waals surface area contributed by atoms with Crippen LogP contribution in [0.25, 0.3) is 22.4 Å². The monoisotopic (exact) mass is 276 g/mol. The molecule has 2 aromatic carbocycles. The van der Waals surface area contributed by atoms with Gasteiger partial charge in [-0.05, 0) is 36.2 Å². The van der Waals surface area contributed by atoms with E-state index in [0.29, 0.717) is 11.3 Å². The van der Waals surface area contributed by atoms with Gasteiger partial charge in [0.05, 0.1) is 11.0 Å². The molecule has 3 rings (SSSR count). The van der Waals surface area contributed by atoms with Crippen LogP contribution in [-0.2, 0) is 6.42 Å². The second-order valence-electron chi connectivity index (χ2n) is 4.54. The number of hydrogen-bond acceptors (Lipinski definition) is 1. The summed E-state index contributed by atoms with van der Waals surface area (Å²) in [5.74, 6) is -3.62. The Balaban J connectivity index is 2.14. The number of fused-ring (bicyclic) bond motifs is 1. The Morgan fingerprint density at radius 1 is 1.05 bits per heavy atom. The highest BCUT2D eigenvalue weighted by Gasteiger charge is 2.14. The Kier molecular flexibility index (Phi) is 2.97. The predicted molar refractivity (Wildman–Crippen MR) is 70.8 cm³/mol. The molecule has 3 aromatic rings. The first-order valence-electron chi connectivity index (χ1n) is 6.22. The zero-order valence-electron chi connectivity index (χ0n) is 10.7. The fourth-order valence-corrected chi connectivity index (χ4v) is 2.11. The molecule has 0 bridgehead atoms. The molecule has 0 radical (unpaired) electrons. The molecule has 1 N–H and O–H groups in total. The summed E-state index contributed by atoms with van der Waals surface area (Å²) >= 11 is 0. The van der Waals surface area contributed by atoms with E-state index >= 15 is 0 Å². The molecule has 102 valence electrons. The van der Waals surface area contributed by atoms with Gasteiger partial charge in [-0.25, -0.2) is 18.2 Å². The van der Waals surface area contributed by atoms with Crippen LogP contribution in [-0.4, -0.2) is 9.97 Å². The van der Waals surface area contributed by atoms with Crippen molar-refractivity contribution in [3.8, 4) is 11.4 Å². The standard InChI is InChI=1S/C15H11F3N2/c1-2-8-3-4-12-13(5-8)20-15(19-12)9-6-10(16)14(18)11(17)7-9/h3-7H,2H2,1H3,(H,19,20). The smallest absolute Gasteiger partial charge is 0.194 e. The van der Waals surface area contributed by atoms with Crippen molar-refractivity contribution in [1.29, 1.82) is 0 Å². The zero-order valence-corrected chi connectivity index (χ0v) is 10.7. The summed E-state index contributed by atoms with van der Waals surface area (Å²) in [5.41, 5.74) is 2.78. The lowest BCUT2D eigenvalue weighted by Gasteiger charge is -1.99. The van der Waals surface area contributed by atoms with Gasteiger partial charge in [0, 0.05) is 5.56 Å². The number of hydrogen-bond donors (Lipinski definition) is 1. The van der Waals surface area contributed by atoms with Gasteiger partial charge in [0.2, 0.25) is 0 Å². The third-order valence-electron chi connectivity index (χ3n) is 3.21. The number of aromatic amines is 1. The third kappa shape index (κ3) is 2.05. The number of benzene rings is 2. The SMILES string of the molecule is CCc1ccc2nc(-c3cc(F)c(F)c(F)c3)[nH]c2c1. The van der Waals surface area contributed by atoms with Crippen LogP contribution < -0.4 is 0 Å². The average molecular weight is 276 g/mol. The van der Waals surface area contributed by atoms with E-state index < -0.39 is 17.5 Å². The molecule has 0 aliphatic rings. The highest BCUT2D eigenvalue weighted by Crippen LogP contribution is 2.24. The summed E-state index contributed by atoms with van der Waals surface area (Å²) in [6.45, 7) is 2.03. The van der Waals surface area contributed by atoms with Crippen molar-refractivity contribution in [1.82, 2.24) is 9.97 Å². The van der Waals surface area contributed by atoms with Crippen LogP contribution in [0.15, 0.2) is 30.3 Å². The summed E-state index contributed by atoms with van der Waals surface area (Å²) in [5, 5.41) is 0. The van der Waals surface area contributed by atoms with Gasteiger partial charge in [0.25, 0.3) is 0 Å². The molecule has 5 heteroatoms. The Morgan fingerprint density at radius 3 is 2.40 bits per heavy atom. The number of H-pyrrole nitrogens is 1. The van der Waals surface area contributed by atoms with Gasteiger partial charge >= 0.3 is 0 Å². The third-order valence-corrected chi connectivity index (χ3v) is 3.21. The van der Waals surface area contributed by atoms with E-state index in [1.165, 1.54) is 0 Å². The fourth-order valence-electron chi connectivity index (χ4n) is 2.11. The molecule has 0 aliphatic carbocycles. The minimum Gasteiger partial charge on any atom is -0.338 e. The normalized spacial score (nSPS) is 11.2.